The van der Waals surface area contributed by atoms with E-state index in [4.69, 9.17) is 0 Å². The van der Waals surface area contributed by atoms with E-state index in [-0.39, 0.29) is 0 Å². The van der Waals surface area contributed by atoms with Crippen LogP contribution >= 0.6 is 0 Å². The second-order valence-electron chi connectivity index (χ2n) is 4.76. The molecule has 2 heterocycles. The second kappa shape index (κ2) is 3.85. The van der Waals surface area contributed by atoms with E-state index in [0.29, 0.717) is 12.0 Å². The first-order valence-corrected chi connectivity index (χ1v) is 5.72. The molecule has 0 aliphatic carbocycles. The minimum Gasteiger partial charge on any atom is -0.267 e. The van der Waals surface area contributed by atoms with Crippen molar-refractivity contribution >= 4 is 11.0 Å². The molecule has 16 heavy (non-hydrogen) atoms. The Morgan fingerprint density at radius 3 is 2.38 bits per heavy atom. The van der Waals surface area contributed by atoms with Crippen LogP contribution in [0.1, 0.15) is 51.2 Å². The Bertz CT molecular complexity index is 511. The van der Waals surface area contributed by atoms with Gasteiger partial charge in [0, 0.05) is 12.0 Å². The summed E-state index contributed by atoms with van der Waals surface area (Å²) in [5, 5.41) is 4.50. The topological polar surface area (TPSA) is 43.6 Å². The normalized spacial score (nSPS) is 11.9. The summed E-state index contributed by atoms with van der Waals surface area (Å²) in [7, 11) is 0. The first kappa shape index (κ1) is 11.0. The van der Waals surface area contributed by atoms with Crippen molar-refractivity contribution in [2.75, 3.05) is 0 Å². The minimum absolute atomic E-state index is 0.352. The number of fused-ring (bicyclic) bond motifs is 1. The van der Waals surface area contributed by atoms with Crippen LogP contribution in [0.25, 0.3) is 11.0 Å². The van der Waals surface area contributed by atoms with Gasteiger partial charge < -0.3 is 0 Å². The summed E-state index contributed by atoms with van der Waals surface area (Å²) >= 11 is 0. The zero-order valence-electron chi connectivity index (χ0n) is 10.5. The van der Waals surface area contributed by atoms with Crippen molar-refractivity contribution < 1.29 is 0 Å². The van der Waals surface area contributed by atoms with E-state index in [1.54, 1.807) is 0 Å². The highest BCUT2D eigenvalue weighted by Gasteiger charge is 2.11. The predicted octanol–water partition coefficient (Wildman–Crippen LogP) is 2.84. The molecule has 0 atom stereocenters. The van der Waals surface area contributed by atoms with Gasteiger partial charge in [-0.2, -0.15) is 5.10 Å². The van der Waals surface area contributed by atoms with Crippen LogP contribution in [0, 0.1) is 6.92 Å². The molecule has 2 aromatic rings. The Balaban J connectivity index is 2.63. The number of nitrogens with zero attached hydrogens (tertiary/aromatic N) is 4. The van der Waals surface area contributed by atoms with Crippen LogP contribution in [0.4, 0.5) is 0 Å². The van der Waals surface area contributed by atoms with E-state index >= 15 is 0 Å². The monoisotopic (exact) mass is 218 g/mol. The maximum Gasteiger partial charge on any atom is 0.132 e. The van der Waals surface area contributed by atoms with E-state index < -0.39 is 0 Å². The van der Waals surface area contributed by atoms with Gasteiger partial charge in [0.2, 0.25) is 0 Å². The number of rotatable bonds is 2. The van der Waals surface area contributed by atoms with Crippen molar-refractivity contribution in [1.29, 1.82) is 0 Å². The van der Waals surface area contributed by atoms with Gasteiger partial charge in [-0.1, -0.05) is 13.8 Å². The summed E-state index contributed by atoms with van der Waals surface area (Å²) < 4.78 is 1.94. The molecule has 4 nitrogen and oxygen atoms in total. The maximum atomic E-state index is 4.54. The van der Waals surface area contributed by atoms with Gasteiger partial charge in [-0.3, -0.25) is 4.68 Å². The van der Waals surface area contributed by atoms with Crippen molar-refractivity contribution in [3.63, 3.8) is 0 Å². The molecule has 0 N–H and O–H groups in total. The fraction of sp³-hybridized carbons (Fsp3) is 0.583. The van der Waals surface area contributed by atoms with Gasteiger partial charge >= 0.3 is 0 Å². The third-order valence-electron chi connectivity index (χ3n) is 2.62. The van der Waals surface area contributed by atoms with E-state index in [1.807, 2.05) is 17.8 Å². The molecule has 0 saturated heterocycles. The highest BCUT2D eigenvalue weighted by Crippen LogP contribution is 2.18. The van der Waals surface area contributed by atoms with E-state index in [9.17, 15) is 0 Å². The standard InChI is InChI=1S/C12H18N4/c1-7(2)12-13-9(5)11-10(14-12)6-16(15-11)8(3)4/h6-8H,1-5H3. The number of hydrogen-bond acceptors (Lipinski definition) is 3. The summed E-state index contributed by atoms with van der Waals surface area (Å²) in [5.74, 6) is 1.25. The molecule has 0 bridgehead atoms. The van der Waals surface area contributed by atoms with Crippen molar-refractivity contribution in [2.45, 2.75) is 46.6 Å². The van der Waals surface area contributed by atoms with Gasteiger partial charge in [0.1, 0.15) is 16.9 Å². The third kappa shape index (κ3) is 1.79. The molecular formula is C12H18N4. The molecule has 86 valence electrons. The highest BCUT2D eigenvalue weighted by atomic mass is 15.3. The van der Waals surface area contributed by atoms with Gasteiger partial charge in [0.25, 0.3) is 0 Å². The molecule has 0 spiro atoms. The zero-order valence-corrected chi connectivity index (χ0v) is 10.5. The average Bonchev–Trinajstić information content (AvgIpc) is 2.61. The van der Waals surface area contributed by atoms with Gasteiger partial charge in [-0.05, 0) is 20.8 Å². The Morgan fingerprint density at radius 1 is 1.12 bits per heavy atom. The molecule has 0 aromatic carbocycles. The summed E-state index contributed by atoms with van der Waals surface area (Å²) in [6.07, 6.45) is 2.00. The van der Waals surface area contributed by atoms with E-state index in [2.05, 4.69) is 42.8 Å². The zero-order chi connectivity index (χ0) is 11.9. The van der Waals surface area contributed by atoms with Crippen LogP contribution < -0.4 is 0 Å². The lowest BCUT2D eigenvalue weighted by Gasteiger charge is -2.03. The lowest BCUT2D eigenvalue weighted by atomic mass is 10.2. The summed E-state index contributed by atoms with van der Waals surface area (Å²) in [5.41, 5.74) is 2.83. The molecule has 2 aromatic heterocycles. The minimum atomic E-state index is 0.352. The van der Waals surface area contributed by atoms with Gasteiger partial charge in [-0.25, -0.2) is 9.97 Å². The summed E-state index contributed by atoms with van der Waals surface area (Å²) in [6, 6.07) is 0.357. The molecule has 0 unspecified atom stereocenters. The number of aryl methyl sites for hydroxylation is 1. The molecule has 0 aliphatic heterocycles. The van der Waals surface area contributed by atoms with Gasteiger partial charge in [0.05, 0.1) is 11.9 Å². The maximum absolute atomic E-state index is 4.54. The number of hydrogen-bond donors (Lipinski definition) is 0. The number of aromatic nitrogens is 4. The van der Waals surface area contributed by atoms with Crippen LogP contribution in [-0.2, 0) is 0 Å². The summed E-state index contributed by atoms with van der Waals surface area (Å²) in [6.45, 7) is 10.4. The van der Waals surface area contributed by atoms with E-state index in [1.165, 1.54) is 0 Å². The molecular weight excluding hydrogens is 200 g/mol. The molecule has 2 rings (SSSR count). The Labute approximate surface area is 95.7 Å². The fourth-order valence-electron chi connectivity index (χ4n) is 1.62. The molecule has 0 aliphatic rings. The first-order chi connectivity index (χ1) is 7.49. The molecule has 0 fully saturated rings. The van der Waals surface area contributed by atoms with Crippen LogP contribution in [0.3, 0.4) is 0 Å². The van der Waals surface area contributed by atoms with Crippen molar-refractivity contribution in [2.24, 2.45) is 0 Å². The second-order valence-corrected chi connectivity index (χ2v) is 4.76. The van der Waals surface area contributed by atoms with E-state index in [0.717, 1.165) is 22.6 Å². The average molecular weight is 218 g/mol. The van der Waals surface area contributed by atoms with Crippen LogP contribution in [0.2, 0.25) is 0 Å². The lowest BCUT2D eigenvalue weighted by molar-refractivity contribution is 0.537. The van der Waals surface area contributed by atoms with Crippen LogP contribution in [-0.4, -0.2) is 19.7 Å². The van der Waals surface area contributed by atoms with Gasteiger partial charge in [0.15, 0.2) is 0 Å². The van der Waals surface area contributed by atoms with Crippen LogP contribution in [0.15, 0.2) is 6.20 Å². The quantitative estimate of drug-likeness (QED) is 0.778. The van der Waals surface area contributed by atoms with Gasteiger partial charge in [-0.15, -0.1) is 0 Å². The Morgan fingerprint density at radius 2 is 1.81 bits per heavy atom. The Kier molecular flexibility index (Phi) is 2.66. The highest BCUT2D eigenvalue weighted by molar-refractivity contribution is 5.75. The largest absolute Gasteiger partial charge is 0.267 e. The first-order valence-electron chi connectivity index (χ1n) is 5.72. The SMILES string of the molecule is Cc1nc(C(C)C)nc2cn(C(C)C)nc12. The molecule has 4 heteroatoms. The molecule has 0 saturated carbocycles. The molecule has 0 amide bonds. The van der Waals surface area contributed by atoms with Crippen molar-refractivity contribution in [3.05, 3.63) is 17.7 Å². The van der Waals surface area contributed by atoms with Crippen molar-refractivity contribution in [3.8, 4) is 0 Å². The molecule has 0 radical (unpaired) electrons. The summed E-state index contributed by atoms with van der Waals surface area (Å²) in [4.78, 5) is 9.03. The van der Waals surface area contributed by atoms with Crippen molar-refractivity contribution in [1.82, 2.24) is 19.7 Å². The third-order valence-corrected chi connectivity index (χ3v) is 2.62. The predicted molar refractivity (Wildman–Crippen MR) is 64.5 cm³/mol. The fourth-order valence-corrected chi connectivity index (χ4v) is 1.62. The lowest BCUT2D eigenvalue weighted by Crippen LogP contribution is -2.00. The van der Waals surface area contributed by atoms with Crippen LogP contribution in [0.5, 0.6) is 0 Å². The Hall–Kier alpha value is -1.45. The smallest absolute Gasteiger partial charge is 0.132 e.